The molecule has 1 amide bonds. The molecule has 0 spiro atoms. The molecule has 0 bridgehead atoms. The Labute approximate surface area is 173 Å². The van der Waals surface area contributed by atoms with Crippen molar-refractivity contribution in [2.75, 3.05) is 31.2 Å². The van der Waals surface area contributed by atoms with Crippen LogP contribution in [0.3, 0.4) is 0 Å². The Morgan fingerprint density at radius 3 is 2.69 bits per heavy atom. The molecule has 0 radical (unpaired) electrons. The van der Waals surface area contributed by atoms with Crippen molar-refractivity contribution in [2.24, 2.45) is 0 Å². The molecule has 4 rings (SSSR count). The number of rotatable bonds is 6. The maximum Gasteiger partial charge on any atom is 0.238 e. The fraction of sp³-hybridized carbons (Fsp3) is 0.333. The molecular weight excluding hydrogens is 386 g/mol. The standard InChI is InChI=1S/C21H23N5O2S/c1-29-17-7-5-16(6-8-17)23-19(27)14-26-12-9-15(10-13-26)21-24-20(25-28-21)18-4-2-3-11-22-18/h2-8,11,15H,9-10,12-14H2,1H3,(H,23,27). The molecule has 1 aliphatic rings. The number of thioether (sulfide) groups is 1. The summed E-state index contributed by atoms with van der Waals surface area (Å²) in [5.41, 5.74) is 1.54. The number of carbonyl (C=O) groups excluding carboxylic acids is 1. The van der Waals surface area contributed by atoms with E-state index in [0.29, 0.717) is 24.0 Å². The average molecular weight is 410 g/mol. The summed E-state index contributed by atoms with van der Waals surface area (Å²) in [5.74, 6) is 1.41. The minimum Gasteiger partial charge on any atom is -0.339 e. The number of benzene rings is 1. The molecule has 3 aromatic rings. The summed E-state index contributed by atoms with van der Waals surface area (Å²) in [5, 5.41) is 7.03. The summed E-state index contributed by atoms with van der Waals surface area (Å²) >= 11 is 1.68. The number of hydrogen-bond acceptors (Lipinski definition) is 7. The molecule has 1 fully saturated rings. The van der Waals surface area contributed by atoms with Crippen molar-refractivity contribution in [1.29, 1.82) is 0 Å². The van der Waals surface area contributed by atoms with Gasteiger partial charge in [0.1, 0.15) is 5.69 Å². The third-order valence-corrected chi connectivity index (χ3v) is 5.76. The molecule has 1 N–H and O–H groups in total. The van der Waals surface area contributed by atoms with Crippen molar-refractivity contribution in [3.05, 3.63) is 54.6 Å². The number of likely N-dealkylation sites (tertiary alicyclic amines) is 1. The van der Waals surface area contributed by atoms with Crippen LogP contribution in [0.4, 0.5) is 5.69 Å². The number of amides is 1. The molecule has 1 aromatic carbocycles. The Morgan fingerprint density at radius 1 is 1.21 bits per heavy atom. The number of pyridine rings is 1. The summed E-state index contributed by atoms with van der Waals surface area (Å²) in [6, 6.07) is 13.5. The predicted molar refractivity (Wildman–Crippen MR) is 113 cm³/mol. The Balaban J connectivity index is 1.27. The lowest BCUT2D eigenvalue weighted by Crippen LogP contribution is -2.38. The molecule has 150 valence electrons. The van der Waals surface area contributed by atoms with E-state index in [1.54, 1.807) is 18.0 Å². The van der Waals surface area contributed by atoms with Crippen molar-refractivity contribution in [1.82, 2.24) is 20.0 Å². The molecule has 0 unspecified atom stereocenters. The van der Waals surface area contributed by atoms with Crippen LogP contribution in [0.1, 0.15) is 24.7 Å². The highest BCUT2D eigenvalue weighted by Crippen LogP contribution is 2.28. The molecule has 0 saturated carbocycles. The van der Waals surface area contributed by atoms with Gasteiger partial charge in [0.25, 0.3) is 0 Å². The molecular formula is C21H23N5O2S. The van der Waals surface area contributed by atoms with Crippen LogP contribution in [0.2, 0.25) is 0 Å². The van der Waals surface area contributed by atoms with E-state index in [1.807, 2.05) is 48.7 Å². The molecule has 1 saturated heterocycles. The summed E-state index contributed by atoms with van der Waals surface area (Å²) < 4.78 is 5.47. The van der Waals surface area contributed by atoms with Crippen molar-refractivity contribution >= 4 is 23.4 Å². The van der Waals surface area contributed by atoms with Gasteiger partial charge in [0.05, 0.1) is 6.54 Å². The van der Waals surface area contributed by atoms with Gasteiger partial charge < -0.3 is 9.84 Å². The van der Waals surface area contributed by atoms with Gasteiger partial charge >= 0.3 is 0 Å². The average Bonchev–Trinajstić information content (AvgIpc) is 3.26. The normalized spacial score (nSPS) is 15.3. The molecule has 2 aromatic heterocycles. The highest BCUT2D eigenvalue weighted by molar-refractivity contribution is 7.98. The minimum atomic E-state index is 0.00980. The summed E-state index contributed by atoms with van der Waals surface area (Å²) in [4.78, 5) is 24.5. The van der Waals surface area contributed by atoms with Crippen molar-refractivity contribution in [2.45, 2.75) is 23.7 Å². The van der Waals surface area contributed by atoms with Gasteiger partial charge in [-0.05, 0) is 68.6 Å². The van der Waals surface area contributed by atoms with Crippen LogP contribution in [0.15, 0.2) is 58.1 Å². The van der Waals surface area contributed by atoms with Gasteiger partial charge in [0, 0.05) is 22.7 Å². The molecule has 3 heterocycles. The van der Waals surface area contributed by atoms with Crippen LogP contribution in [0.25, 0.3) is 11.5 Å². The number of nitrogens with one attached hydrogen (secondary N) is 1. The first kappa shape index (κ1) is 19.6. The van der Waals surface area contributed by atoms with Crippen molar-refractivity contribution < 1.29 is 9.32 Å². The Hall–Kier alpha value is -2.71. The zero-order chi connectivity index (χ0) is 20.1. The number of piperidine rings is 1. The number of carbonyl (C=O) groups is 1. The topological polar surface area (TPSA) is 84.2 Å². The SMILES string of the molecule is CSc1ccc(NC(=O)CN2CCC(c3nc(-c4ccccn4)no3)CC2)cc1. The molecule has 0 atom stereocenters. The second-order valence-electron chi connectivity index (χ2n) is 7.00. The Morgan fingerprint density at radius 2 is 2.00 bits per heavy atom. The molecule has 8 heteroatoms. The second-order valence-corrected chi connectivity index (χ2v) is 7.88. The quantitative estimate of drug-likeness (QED) is 0.622. The Bertz CT molecular complexity index is 937. The number of nitrogens with zero attached hydrogens (tertiary/aromatic N) is 4. The zero-order valence-corrected chi connectivity index (χ0v) is 17.1. The lowest BCUT2D eigenvalue weighted by Gasteiger charge is -2.29. The second kappa shape index (κ2) is 9.19. The van der Waals surface area contributed by atoms with Gasteiger partial charge in [0.15, 0.2) is 0 Å². The molecule has 0 aliphatic carbocycles. The molecule has 1 aliphatic heterocycles. The van der Waals surface area contributed by atoms with Crippen LogP contribution in [0, 0.1) is 0 Å². The maximum atomic E-state index is 12.3. The fourth-order valence-corrected chi connectivity index (χ4v) is 3.82. The zero-order valence-electron chi connectivity index (χ0n) is 16.2. The van der Waals surface area contributed by atoms with E-state index in [9.17, 15) is 4.79 Å². The van der Waals surface area contributed by atoms with Gasteiger partial charge in [0.2, 0.25) is 17.6 Å². The maximum absolute atomic E-state index is 12.3. The first-order valence-corrected chi connectivity index (χ1v) is 10.8. The van der Waals surface area contributed by atoms with Crippen LogP contribution >= 0.6 is 11.8 Å². The Kier molecular flexibility index (Phi) is 6.21. The number of anilines is 1. The monoisotopic (exact) mass is 409 g/mol. The highest BCUT2D eigenvalue weighted by Gasteiger charge is 2.26. The molecule has 29 heavy (non-hydrogen) atoms. The van der Waals surface area contributed by atoms with Gasteiger partial charge in [-0.1, -0.05) is 11.2 Å². The van der Waals surface area contributed by atoms with Crippen LogP contribution in [-0.4, -0.2) is 51.8 Å². The first-order chi connectivity index (χ1) is 14.2. The van der Waals surface area contributed by atoms with Gasteiger partial charge in [-0.25, -0.2) is 0 Å². The summed E-state index contributed by atoms with van der Waals surface area (Å²) in [7, 11) is 0. The van der Waals surface area contributed by atoms with E-state index in [2.05, 4.69) is 25.3 Å². The van der Waals surface area contributed by atoms with Crippen LogP contribution in [0.5, 0.6) is 0 Å². The number of aromatic nitrogens is 3. The summed E-state index contributed by atoms with van der Waals surface area (Å²) in [6.45, 7) is 2.04. The van der Waals surface area contributed by atoms with Crippen molar-refractivity contribution in [3.8, 4) is 11.5 Å². The predicted octanol–water partition coefficient (Wildman–Crippen LogP) is 3.67. The van der Waals surface area contributed by atoms with E-state index < -0.39 is 0 Å². The molecule has 7 nitrogen and oxygen atoms in total. The summed E-state index contributed by atoms with van der Waals surface area (Å²) in [6.07, 6.45) is 5.52. The highest BCUT2D eigenvalue weighted by atomic mass is 32.2. The third kappa shape index (κ3) is 5.02. The minimum absolute atomic E-state index is 0.00980. The van der Waals surface area contributed by atoms with Gasteiger partial charge in [-0.3, -0.25) is 14.7 Å². The van der Waals surface area contributed by atoms with Gasteiger partial charge in [-0.2, -0.15) is 4.98 Å². The van der Waals surface area contributed by atoms with E-state index in [4.69, 9.17) is 4.52 Å². The van der Waals surface area contributed by atoms with E-state index in [0.717, 1.165) is 31.6 Å². The lowest BCUT2D eigenvalue weighted by molar-refractivity contribution is -0.117. The largest absolute Gasteiger partial charge is 0.339 e. The van der Waals surface area contributed by atoms with Gasteiger partial charge in [-0.15, -0.1) is 11.8 Å². The first-order valence-electron chi connectivity index (χ1n) is 9.62. The third-order valence-electron chi connectivity index (χ3n) is 5.01. The van der Waals surface area contributed by atoms with E-state index >= 15 is 0 Å². The van der Waals surface area contributed by atoms with Crippen LogP contribution < -0.4 is 5.32 Å². The smallest absolute Gasteiger partial charge is 0.238 e. The van der Waals surface area contributed by atoms with E-state index in [1.165, 1.54) is 4.90 Å². The number of hydrogen-bond donors (Lipinski definition) is 1. The van der Waals surface area contributed by atoms with E-state index in [-0.39, 0.29) is 11.8 Å². The van der Waals surface area contributed by atoms with Crippen molar-refractivity contribution in [3.63, 3.8) is 0 Å². The van der Waals surface area contributed by atoms with Crippen LogP contribution in [-0.2, 0) is 4.79 Å². The fourth-order valence-electron chi connectivity index (χ4n) is 3.42. The lowest BCUT2D eigenvalue weighted by atomic mass is 9.97.